The molecule has 10 nitrogen and oxygen atoms in total. The third-order valence-corrected chi connectivity index (χ3v) is 6.29. The maximum Gasteiger partial charge on any atom is 0.263 e. The summed E-state index contributed by atoms with van der Waals surface area (Å²) in [4.78, 5) is 34.6. The van der Waals surface area contributed by atoms with E-state index in [4.69, 9.17) is 21.1 Å². The molecule has 1 saturated heterocycles. The quantitative estimate of drug-likeness (QED) is 0.499. The van der Waals surface area contributed by atoms with Crippen molar-refractivity contribution in [1.29, 1.82) is 0 Å². The monoisotopic (exact) mass is 502 g/mol. The number of hydrogen-bond acceptors (Lipinski definition) is 8. The third-order valence-electron chi connectivity index (χ3n) is 5.96. The number of nitrogens with one attached hydrogen (secondary N) is 2. The molecule has 5 rings (SSSR count). The molecule has 0 bridgehead atoms. The average Bonchev–Trinajstić information content (AvgIpc) is 2.84. The van der Waals surface area contributed by atoms with Gasteiger partial charge < -0.3 is 24.7 Å². The first kappa shape index (κ1) is 23.6. The van der Waals surface area contributed by atoms with Crippen LogP contribution in [0.5, 0.6) is 5.75 Å². The van der Waals surface area contributed by atoms with Crippen LogP contribution in [-0.2, 0) is 22.6 Å². The van der Waals surface area contributed by atoms with Crippen LogP contribution in [0, 0.1) is 5.82 Å². The Bertz CT molecular complexity index is 1320. The fourth-order valence-electron chi connectivity index (χ4n) is 4.22. The lowest BCUT2D eigenvalue weighted by Gasteiger charge is -2.33. The Hall–Kier alpha value is -3.12. The van der Waals surface area contributed by atoms with Gasteiger partial charge in [-0.05, 0) is 6.07 Å². The molecule has 2 aliphatic rings. The van der Waals surface area contributed by atoms with Gasteiger partial charge in [-0.3, -0.25) is 19.5 Å². The molecular weight excluding hydrogens is 479 g/mol. The predicted octanol–water partition coefficient (Wildman–Crippen LogP) is 1.41. The Morgan fingerprint density at radius 3 is 3.03 bits per heavy atom. The molecule has 3 aromatic rings. The average molecular weight is 503 g/mol. The van der Waals surface area contributed by atoms with Gasteiger partial charge in [0.1, 0.15) is 5.82 Å². The number of ether oxygens (including phenoxy) is 2. The number of morpholine rings is 1. The Morgan fingerprint density at radius 1 is 1.26 bits per heavy atom. The van der Waals surface area contributed by atoms with Gasteiger partial charge in [0.25, 0.3) is 11.5 Å². The van der Waals surface area contributed by atoms with Crippen LogP contribution in [0.15, 0.2) is 35.3 Å². The van der Waals surface area contributed by atoms with Gasteiger partial charge in [0.15, 0.2) is 18.2 Å². The van der Waals surface area contributed by atoms with Crippen LogP contribution in [-0.4, -0.2) is 70.8 Å². The number of nitrogens with zero attached hydrogens (tertiary/aromatic N) is 4. The number of amides is 1. The molecule has 0 spiro atoms. The number of aromatic nitrogens is 3. The summed E-state index contributed by atoms with van der Waals surface area (Å²) in [5, 5.41) is 6.43. The van der Waals surface area contributed by atoms with E-state index >= 15 is 0 Å². The van der Waals surface area contributed by atoms with Gasteiger partial charge in [-0.15, -0.1) is 0 Å². The second-order valence-electron chi connectivity index (χ2n) is 8.41. The van der Waals surface area contributed by atoms with Crippen molar-refractivity contribution in [3.05, 3.63) is 57.3 Å². The Morgan fingerprint density at radius 2 is 2.14 bits per heavy atom. The molecule has 0 aromatic carbocycles. The molecule has 12 heteroatoms. The normalized spacial score (nSPS) is 18.2. The van der Waals surface area contributed by atoms with Gasteiger partial charge in [-0.25, -0.2) is 9.37 Å². The summed E-state index contributed by atoms with van der Waals surface area (Å²) in [7, 11) is 0. The van der Waals surface area contributed by atoms with Crippen molar-refractivity contribution in [3.8, 4) is 5.75 Å². The molecule has 0 aliphatic carbocycles. The van der Waals surface area contributed by atoms with E-state index in [1.54, 1.807) is 16.7 Å². The molecule has 0 radical (unpaired) electrons. The highest BCUT2D eigenvalue weighted by Crippen LogP contribution is 2.30. The van der Waals surface area contributed by atoms with E-state index in [-0.39, 0.29) is 24.2 Å². The number of carbonyl (C=O) groups is 1. The number of anilines is 1. The predicted molar refractivity (Wildman–Crippen MR) is 127 cm³/mol. The second-order valence-corrected chi connectivity index (χ2v) is 8.81. The zero-order valence-corrected chi connectivity index (χ0v) is 19.6. The van der Waals surface area contributed by atoms with Gasteiger partial charge in [0, 0.05) is 57.5 Å². The standard InChI is InChI=1S/C23H24ClFN6O4/c24-16-8-20-23(29-21(32)13-35-20)28-18(16)11-26-10-15-12-30(5-6-34-15)3-4-31-19-7-14(25)9-27-17(19)1-2-22(31)33/h1-2,7-9,15,26H,3-6,10-13H2,(H,28,29,32)/t15-/m0/s1. The lowest BCUT2D eigenvalue weighted by Crippen LogP contribution is -2.47. The maximum absolute atomic E-state index is 13.7. The zero-order valence-electron chi connectivity index (χ0n) is 18.8. The van der Waals surface area contributed by atoms with Crippen LogP contribution in [0.25, 0.3) is 11.0 Å². The van der Waals surface area contributed by atoms with E-state index in [2.05, 4.69) is 25.5 Å². The highest BCUT2D eigenvalue weighted by molar-refractivity contribution is 6.31. The van der Waals surface area contributed by atoms with Crippen molar-refractivity contribution in [1.82, 2.24) is 24.8 Å². The van der Waals surface area contributed by atoms with Gasteiger partial charge >= 0.3 is 0 Å². The summed E-state index contributed by atoms with van der Waals surface area (Å²) in [6, 6.07) is 6.05. The number of hydrogen-bond donors (Lipinski definition) is 2. The third kappa shape index (κ3) is 5.43. The fraction of sp³-hybridized carbons (Fsp3) is 0.391. The largest absolute Gasteiger partial charge is 0.480 e. The number of pyridine rings is 3. The van der Waals surface area contributed by atoms with Crippen LogP contribution < -0.4 is 20.9 Å². The van der Waals surface area contributed by atoms with E-state index in [0.29, 0.717) is 72.6 Å². The van der Waals surface area contributed by atoms with Gasteiger partial charge in [0.05, 0.1) is 40.7 Å². The highest BCUT2D eigenvalue weighted by Gasteiger charge is 2.22. The maximum atomic E-state index is 13.7. The van der Waals surface area contributed by atoms with Crippen LogP contribution in [0.4, 0.5) is 10.2 Å². The smallest absolute Gasteiger partial charge is 0.263 e. The van der Waals surface area contributed by atoms with Crippen molar-refractivity contribution in [2.75, 3.05) is 44.7 Å². The van der Waals surface area contributed by atoms with Crippen molar-refractivity contribution in [2.24, 2.45) is 0 Å². The van der Waals surface area contributed by atoms with Crippen LogP contribution in [0.2, 0.25) is 5.02 Å². The second kappa shape index (κ2) is 10.2. The minimum Gasteiger partial charge on any atom is -0.480 e. The first-order valence-corrected chi connectivity index (χ1v) is 11.7. The lowest BCUT2D eigenvalue weighted by molar-refractivity contribution is -0.118. The van der Waals surface area contributed by atoms with Gasteiger partial charge in [0.2, 0.25) is 0 Å². The minimum absolute atomic E-state index is 0.0545. The molecule has 3 aromatic heterocycles. The molecular formula is C23H24ClFN6O4. The van der Waals surface area contributed by atoms with Crippen LogP contribution in [0.1, 0.15) is 5.69 Å². The number of halogens is 2. The molecule has 2 aliphatic heterocycles. The van der Waals surface area contributed by atoms with Crippen molar-refractivity contribution in [3.63, 3.8) is 0 Å². The van der Waals surface area contributed by atoms with Crippen molar-refractivity contribution >= 4 is 34.4 Å². The summed E-state index contributed by atoms with van der Waals surface area (Å²) >= 11 is 6.32. The first-order valence-electron chi connectivity index (χ1n) is 11.3. The molecule has 184 valence electrons. The molecule has 5 heterocycles. The van der Waals surface area contributed by atoms with Crippen LogP contribution >= 0.6 is 11.6 Å². The topological polar surface area (TPSA) is 111 Å². The van der Waals surface area contributed by atoms with Crippen LogP contribution in [0.3, 0.4) is 0 Å². The molecule has 1 fully saturated rings. The number of fused-ring (bicyclic) bond motifs is 2. The number of carbonyl (C=O) groups excluding carboxylic acids is 1. The van der Waals surface area contributed by atoms with E-state index in [1.165, 1.54) is 12.1 Å². The first-order chi connectivity index (χ1) is 17.0. The summed E-state index contributed by atoms with van der Waals surface area (Å²) in [6.45, 7) is 3.92. The zero-order chi connectivity index (χ0) is 24.4. The van der Waals surface area contributed by atoms with E-state index in [0.717, 1.165) is 12.7 Å². The van der Waals surface area contributed by atoms with Gasteiger partial charge in [-0.2, -0.15) is 0 Å². The SMILES string of the molecule is O=C1COc2cc(Cl)c(CNC[C@H]3CN(CCn4c(=O)ccc5ncc(F)cc54)CCO3)nc2N1. The lowest BCUT2D eigenvalue weighted by atomic mass is 10.2. The minimum atomic E-state index is -0.474. The molecule has 2 N–H and O–H groups in total. The van der Waals surface area contributed by atoms with Gasteiger partial charge in [-0.1, -0.05) is 11.6 Å². The van der Waals surface area contributed by atoms with E-state index in [1.807, 2.05) is 0 Å². The summed E-state index contributed by atoms with van der Waals surface area (Å²) in [5.74, 6) is 0.0848. The molecule has 0 unspecified atom stereocenters. The molecule has 1 atom stereocenters. The van der Waals surface area contributed by atoms with E-state index < -0.39 is 5.82 Å². The molecule has 0 saturated carbocycles. The molecule has 1 amide bonds. The summed E-state index contributed by atoms with van der Waals surface area (Å²) in [5.41, 5.74) is 1.48. The summed E-state index contributed by atoms with van der Waals surface area (Å²) < 4.78 is 26.5. The Labute approximate surface area is 205 Å². The van der Waals surface area contributed by atoms with Crippen molar-refractivity contribution in [2.45, 2.75) is 19.2 Å². The Balaban J connectivity index is 1.16. The van der Waals surface area contributed by atoms with Crippen molar-refractivity contribution < 1.29 is 18.7 Å². The molecule has 35 heavy (non-hydrogen) atoms. The summed E-state index contributed by atoms with van der Waals surface area (Å²) in [6.07, 6.45) is 1.08. The van der Waals surface area contributed by atoms with E-state index in [9.17, 15) is 14.0 Å². The number of rotatable bonds is 7. The Kier molecular flexibility index (Phi) is 6.91. The highest BCUT2D eigenvalue weighted by atomic mass is 35.5. The fourth-order valence-corrected chi connectivity index (χ4v) is 4.43.